The van der Waals surface area contributed by atoms with Crippen LogP contribution >= 0.6 is 0 Å². The van der Waals surface area contributed by atoms with Crippen LogP contribution in [0.5, 0.6) is 0 Å². The average Bonchev–Trinajstić information content (AvgIpc) is 2.67. The summed E-state index contributed by atoms with van der Waals surface area (Å²) in [6, 6.07) is 5.40. The molecule has 0 radical (unpaired) electrons. The van der Waals surface area contributed by atoms with Crippen LogP contribution in [0.15, 0.2) is 24.3 Å². The van der Waals surface area contributed by atoms with Crippen molar-refractivity contribution in [2.75, 3.05) is 5.32 Å². The summed E-state index contributed by atoms with van der Waals surface area (Å²) in [5.41, 5.74) is 0.463. The lowest BCUT2D eigenvalue weighted by molar-refractivity contribution is 0.0695. The fourth-order valence-electron chi connectivity index (χ4n) is 2.33. The lowest BCUT2D eigenvalue weighted by Crippen LogP contribution is -2.05. The normalized spacial score (nSPS) is 12.5. The Morgan fingerprint density at radius 2 is 1.47 bits per heavy atom. The third kappa shape index (κ3) is 1.40. The van der Waals surface area contributed by atoms with Crippen molar-refractivity contribution < 1.29 is 24.6 Å². The fourth-order valence-corrected chi connectivity index (χ4v) is 2.33. The summed E-state index contributed by atoms with van der Waals surface area (Å²) in [6.45, 7) is 0. The predicted molar refractivity (Wildman–Crippen MR) is 65.8 cm³/mol. The van der Waals surface area contributed by atoms with Gasteiger partial charge in [0.2, 0.25) is 0 Å². The number of hydrogen-bond donors (Lipinski definition) is 3. The largest absolute Gasteiger partial charge is 0.478 e. The van der Waals surface area contributed by atoms with Crippen LogP contribution in [0, 0.1) is 0 Å². The van der Waals surface area contributed by atoms with Crippen molar-refractivity contribution in [3.8, 4) is 0 Å². The van der Waals surface area contributed by atoms with E-state index in [1.54, 1.807) is 0 Å². The van der Waals surface area contributed by atoms with Crippen molar-refractivity contribution in [3.63, 3.8) is 0 Å². The van der Waals surface area contributed by atoms with Crippen LogP contribution in [0.2, 0.25) is 0 Å². The molecule has 94 valence electrons. The van der Waals surface area contributed by atoms with E-state index in [0.29, 0.717) is 11.1 Å². The fraction of sp³-hybridized carbons (Fsp3) is 0. The highest BCUT2D eigenvalue weighted by Gasteiger charge is 2.27. The van der Waals surface area contributed by atoms with Gasteiger partial charge in [-0.05, 0) is 24.3 Å². The van der Waals surface area contributed by atoms with Crippen LogP contribution in [0.1, 0.15) is 31.1 Å². The van der Waals surface area contributed by atoms with Crippen molar-refractivity contribution >= 4 is 34.3 Å². The SMILES string of the molecule is O=C1Nc2ccc(C(=O)O)c3c(C(=O)O)ccc1c23. The van der Waals surface area contributed by atoms with Gasteiger partial charge in [-0.15, -0.1) is 0 Å². The van der Waals surface area contributed by atoms with Gasteiger partial charge in [-0.25, -0.2) is 9.59 Å². The first kappa shape index (κ1) is 11.2. The van der Waals surface area contributed by atoms with E-state index in [1.807, 2.05) is 0 Å². The highest BCUT2D eigenvalue weighted by molar-refractivity contribution is 6.28. The standard InChI is InChI=1S/C13H7NO5/c15-11-5-1-2-6(12(16)17)9-7(13(18)19)3-4-8(14-11)10(5)9/h1-4H,(H,14,15)(H,16,17)(H,18,19). The maximum absolute atomic E-state index is 11.7. The summed E-state index contributed by atoms with van der Waals surface area (Å²) in [6.07, 6.45) is 0. The summed E-state index contributed by atoms with van der Waals surface area (Å²) in [5, 5.41) is 21.3. The van der Waals surface area contributed by atoms with Crippen LogP contribution in [0.4, 0.5) is 5.69 Å². The number of carbonyl (C=O) groups excluding carboxylic acids is 1. The van der Waals surface area contributed by atoms with E-state index in [4.69, 9.17) is 10.2 Å². The van der Waals surface area contributed by atoms with E-state index in [-0.39, 0.29) is 28.0 Å². The van der Waals surface area contributed by atoms with Gasteiger partial charge in [0.25, 0.3) is 5.91 Å². The molecule has 1 heterocycles. The topological polar surface area (TPSA) is 104 Å². The number of benzene rings is 2. The van der Waals surface area contributed by atoms with Gasteiger partial charge >= 0.3 is 11.9 Å². The second-order valence-electron chi connectivity index (χ2n) is 4.14. The van der Waals surface area contributed by atoms with Gasteiger partial charge < -0.3 is 15.5 Å². The molecule has 6 nitrogen and oxygen atoms in total. The van der Waals surface area contributed by atoms with Gasteiger partial charge in [0.05, 0.1) is 11.1 Å². The van der Waals surface area contributed by atoms with E-state index in [9.17, 15) is 14.4 Å². The number of hydrogen-bond acceptors (Lipinski definition) is 3. The number of carboxylic acid groups (broad SMARTS) is 2. The number of anilines is 1. The molecular weight excluding hydrogens is 250 g/mol. The molecule has 0 aromatic heterocycles. The summed E-state index contributed by atoms with van der Waals surface area (Å²) in [7, 11) is 0. The van der Waals surface area contributed by atoms with Crippen LogP contribution in [0.25, 0.3) is 10.8 Å². The van der Waals surface area contributed by atoms with Crippen molar-refractivity contribution in [1.29, 1.82) is 0 Å². The van der Waals surface area contributed by atoms with Crippen molar-refractivity contribution in [1.82, 2.24) is 0 Å². The molecule has 3 N–H and O–H groups in total. The molecule has 0 saturated heterocycles. The summed E-state index contributed by atoms with van der Waals surface area (Å²) in [4.78, 5) is 34.1. The molecule has 0 saturated carbocycles. The monoisotopic (exact) mass is 257 g/mol. The Hall–Kier alpha value is -2.89. The van der Waals surface area contributed by atoms with E-state index < -0.39 is 11.9 Å². The highest BCUT2D eigenvalue weighted by atomic mass is 16.4. The summed E-state index contributed by atoms with van der Waals surface area (Å²) < 4.78 is 0. The van der Waals surface area contributed by atoms with Crippen LogP contribution in [-0.2, 0) is 0 Å². The van der Waals surface area contributed by atoms with E-state index >= 15 is 0 Å². The Labute approximate surface area is 106 Å². The first-order valence-corrected chi connectivity index (χ1v) is 5.38. The Morgan fingerprint density at radius 3 is 2.05 bits per heavy atom. The van der Waals surface area contributed by atoms with E-state index in [1.165, 1.54) is 24.3 Å². The van der Waals surface area contributed by atoms with Crippen molar-refractivity contribution in [3.05, 3.63) is 41.0 Å². The lowest BCUT2D eigenvalue weighted by Gasteiger charge is -2.07. The average molecular weight is 257 g/mol. The van der Waals surface area contributed by atoms with E-state index in [2.05, 4.69) is 5.32 Å². The summed E-state index contributed by atoms with van der Waals surface area (Å²) >= 11 is 0. The second-order valence-corrected chi connectivity index (χ2v) is 4.14. The molecule has 6 heteroatoms. The quantitative estimate of drug-likeness (QED) is 0.761. The van der Waals surface area contributed by atoms with Crippen molar-refractivity contribution in [2.45, 2.75) is 0 Å². The summed E-state index contributed by atoms with van der Waals surface area (Å²) in [5.74, 6) is -2.82. The van der Waals surface area contributed by atoms with Crippen molar-refractivity contribution in [2.24, 2.45) is 0 Å². The van der Waals surface area contributed by atoms with Gasteiger partial charge in [0, 0.05) is 22.0 Å². The third-order valence-corrected chi connectivity index (χ3v) is 3.11. The smallest absolute Gasteiger partial charge is 0.336 e. The minimum Gasteiger partial charge on any atom is -0.478 e. The number of nitrogens with one attached hydrogen (secondary N) is 1. The molecule has 0 bridgehead atoms. The molecule has 0 spiro atoms. The molecule has 1 aliphatic rings. The number of carbonyl (C=O) groups is 3. The third-order valence-electron chi connectivity index (χ3n) is 3.11. The van der Waals surface area contributed by atoms with Crippen LogP contribution in [0.3, 0.4) is 0 Å². The zero-order valence-corrected chi connectivity index (χ0v) is 9.43. The number of aromatic carboxylic acids is 2. The Morgan fingerprint density at radius 1 is 0.895 bits per heavy atom. The molecule has 1 aliphatic heterocycles. The van der Waals surface area contributed by atoms with Gasteiger partial charge in [0.1, 0.15) is 0 Å². The van der Waals surface area contributed by atoms with Gasteiger partial charge in [-0.2, -0.15) is 0 Å². The molecule has 2 aromatic rings. The molecule has 0 fully saturated rings. The number of amides is 1. The highest BCUT2D eigenvalue weighted by Crippen LogP contribution is 2.37. The van der Waals surface area contributed by atoms with E-state index in [0.717, 1.165) is 0 Å². The predicted octanol–water partition coefficient (Wildman–Crippen LogP) is 1.80. The Bertz CT molecular complexity index is 758. The molecule has 3 rings (SSSR count). The molecule has 0 unspecified atom stereocenters. The van der Waals surface area contributed by atoms with Crippen LogP contribution in [-0.4, -0.2) is 28.1 Å². The maximum Gasteiger partial charge on any atom is 0.336 e. The minimum absolute atomic E-state index is 0.0772. The number of rotatable bonds is 2. The van der Waals surface area contributed by atoms with Crippen LogP contribution < -0.4 is 5.32 Å². The molecule has 1 amide bonds. The Kier molecular flexibility index (Phi) is 2.10. The van der Waals surface area contributed by atoms with Gasteiger partial charge in [-0.3, -0.25) is 4.79 Å². The zero-order chi connectivity index (χ0) is 13.7. The molecular formula is C13H7NO5. The lowest BCUT2D eigenvalue weighted by atomic mass is 9.95. The Balaban J connectivity index is 2.56. The molecule has 2 aromatic carbocycles. The second kappa shape index (κ2) is 3.55. The van der Waals surface area contributed by atoms with Gasteiger partial charge in [-0.1, -0.05) is 0 Å². The minimum atomic E-state index is -1.23. The number of carboxylic acids is 2. The first-order valence-electron chi connectivity index (χ1n) is 5.38. The zero-order valence-electron chi connectivity index (χ0n) is 9.43. The molecule has 19 heavy (non-hydrogen) atoms. The first-order chi connectivity index (χ1) is 9.00. The molecule has 0 atom stereocenters. The molecule has 0 aliphatic carbocycles. The van der Waals surface area contributed by atoms with Gasteiger partial charge in [0.15, 0.2) is 0 Å². The maximum atomic E-state index is 11.7.